The first-order chi connectivity index (χ1) is 10.2. The number of hydrogen-bond donors (Lipinski definition) is 1. The van der Waals surface area contributed by atoms with Crippen LogP contribution in [0.5, 0.6) is 11.5 Å². The first kappa shape index (κ1) is 15.4. The summed E-state index contributed by atoms with van der Waals surface area (Å²) in [5.74, 6) is 2.58. The predicted molar refractivity (Wildman–Crippen MR) is 82.8 cm³/mol. The van der Waals surface area contributed by atoms with Gasteiger partial charge in [-0.3, -0.25) is 0 Å². The van der Waals surface area contributed by atoms with Crippen LogP contribution >= 0.6 is 0 Å². The molecule has 1 aromatic heterocycles. The molecule has 0 aliphatic heterocycles. The average Bonchev–Trinajstić information content (AvgIpc) is 2.87. The second kappa shape index (κ2) is 7.69. The monoisotopic (exact) mass is 289 g/mol. The molecule has 0 saturated heterocycles. The van der Waals surface area contributed by atoms with E-state index in [1.807, 2.05) is 39.2 Å². The molecule has 0 saturated carbocycles. The Kier molecular flexibility index (Phi) is 5.63. The van der Waals surface area contributed by atoms with Gasteiger partial charge in [-0.15, -0.1) is 0 Å². The highest BCUT2D eigenvalue weighted by Gasteiger charge is 2.07. The van der Waals surface area contributed by atoms with Crippen molar-refractivity contribution in [2.45, 2.75) is 26.9 Å². The summed E-state index contributed by atoms with van der Waals surface area (Å²) in [4.78, 5) is 4.20. The van der Waals surface area contributed by atoms with Crippen molar-refractivity contribution in [2.24, 2.45) is 0 Å². The molecule has 0 spiro atoms. The fourth-order valence-corrected chi connectivity index (χ4v) is 2.15. The first-order valence-electron chi connectivity index (χ1n) is 7.25. The Labute approximate surface area is 125 Å². The number of ether oxygens (including phenoxy) is 2. The fourth-order valence-electron chi connectivity index (χ4n) is 2.15. The summed E-state index contributed by atoms with van der Waals surface area (Å²) in [5, 5.41) is 3.13. The molecule has 0 unspecified atom stereocenters. The number of imidazole rings is 1. The Bertz CT molecular complexity index is 566. The summed E-state index contributed by atoms with van der Waals surface area (Å²) in [6, 6.07) is 6.05. The Hall–Kier alpha value is -2.01. The van der Waals surface area contributed by atoms with E-state index in [1.165, 1.54) is 5.56 Å². The molecule has 5 heteroatoms. The number of hydrogen-bond acceptors (Lipinski definition) is 4. The van der Waals surface area contributed by atoms with E-state index < -0.39 is 0 Å². The van der Waals surface area contributed by atoms with Gasteiger partial charge in [0.1, 0.15) is 12.4 Å². The number of benzene rings is 1. The van der Waals surface area contributed by atoms with Crippen LogP contribution in [-0.4, -0.2) is 29.8 Å². The normalized spacial score (nSPS) is 10.6. The number of nitrogens with one attached hydrogen (secondary N) is 1. The van der Waals surface area contributed by atoms with Crippen molar-refractivity contribution >= 4 is 0 Å². The smallest absolute Gasteiger partial charge is 0.161 e. The minimum Gasteiger partial charge on any atom is -0.490 e. The van der Waals surface area contributed by atoms with Gasteiger partial charge in [0.25, 0.3) is 0 Å². The summed E-state index contributed by atoms with van der Waals surface area (Å²) < 4.78 is 13.6. The zero-order valence-electron chi connectivity index (χ0n) is 12.9. The van der Waals surface area contributed by atoms with Gasteiger partial charge in [-0.2, -0.15) is 0 Å². The Morgan fingerprint density at radius 1 is 1.24 bits per heavy atom. The van der Waals surface area contributed by atoms with Crippen LogP contribution < -0.4 is 14.8 Å². The molecule has 1 N–H and O–H groups in total. The van der Waals surface area contributed by atoms with E-state index >= 15 is 0 Å². The third kappa shape index (κ3) is 4.23. The molecule has 114 valence electrons. The lowest BCUT2D eigenvalue weighted by Crippen LogP contribution is -2.10. The highest BCUT2D eigenvalue weighted by Crippen LogP contribution is 2.28. The zero-order valence-corrected chi connectivity index (χ0v) is 12.9. The van der Waals surface area contributed by atoms with E-state index in [4.69, 9.17) is 9.47 Å². The molecule has 5 nitrogen and oxygen atoms in total. The molecule has 0 radical (unpaired) electrons. The lowest BCUT2D eigenvalue weighted by Gasteiger charge is -2.14. The van der Waals surface area contributed by atoms with Crippen LogP contribution in [0.2, 0.25) is 0 Å². The molecule has 0 atom stereocenters. The van der Waals surface area contributed by atoms with Crippen LogP contribution in [0.15, 0.2) is 30.6 Å². The molecular formula is C16H23N3O2. The molecule has 2 aromatic rings. The van der Waals surface area contributed by atoms with E-state index in [2.05, 4.69) is 20.9 Å². The second-order valence-electron chi connectivity index (χ2n) is 4.76. The molecule has 21 heavy (non-hydrogen) atoms. The molecule has 0 bridgehead atoms. The summed E-state index contributed by atoms with van der Waals surface area (Å²) in [7, 11) is 1.93. The van der Waals surface area contributed by atoms with E-state index in [-0.39, 0.29) is 0 Å². The number of rotatable bonds is 8. The van der Waals surface area contributed by atoms with Crippen LogP contribution in [0.25, 0.3) is 0 Å². The van der Waals surface area contributed by atoms with Gasteiger partial charge in [-0.1, -0.05) is 6.07 Å². The van der Waals surface area contributed by atoms with Crippen molar-refractivity contribution in [3.05, 3.63) is 42.0 Å². The first-order valence-corrected chi connectivity index (χ1v) is 7.25. The van der Waals surface area contributed by atoms with Gasteiger partial charge >= 0.3 is 0 Å². The van der Waals surface area contributed by atoms with E-state index in [0.29, 0.717) is 13.2 Å². The van der Waals surface area contributed by atoms with Crippen molar-refractivity contribution in [1.29, 1.82) is 0 Å². The summed E-state index contributed by atoms with van der Waals surface area (Å²) in [6.07, 6.45) is 3.76. The van der Waals surface area contributed by atoms with Gasteiger partial charge in [-0.05, 0) is 38.6 Å². The van der Waals surface area contributed by atoms with Gasteiger partial charge in [0.05, 0.1) is 13.2 Å². The van der Waals surface area contributed by atoms with Gasteiger partial charge in [-0.25, -0.2) is 4.98 Å². The van der Waals surface area contributed by atoms with E-state index in [0.717, 1.165) is 30.4 Å². The molecule has 1 heterocycles. The Balaban J connectivity index is 1.99. The minimum absolute atomic E-state index is 0.586. The zero-order chi connectivity index (χ0) is 15.1. The average molecular weight is 289 g/mol. The van der Waals surface area contributed by atoms with Gasteiger partial charge in [0.15, 0.2) is 11.5 Å². The van der Waals surface area contributed by atoms with Crippen LogP contribution in [0.1, 0.15) is 18.3 Å². The number of aromatic nitrogens is 2. The van der Waals surface area contributed by atoms with Crippen molar-refractivity contribution in [1.82, 2.24) is 14.9 Å². The lowest BCUT2D eigenvalue weighted by atomic mass is 10.2. The summed E-state index contributed by atoms with van der Waals surface area (Å²) >= 11 is 0. The number of nitrogens with zero attached hydrogens (tertiary/aromatic N) is 2. The predicted octanol–water partition coefficient (Wildman–Crippen LogP) is 2.39. The van der Waals surface area contributed by atoms with Crippen LogP contribution in [0, 0.1) is 6.92 Å². The van der Waals surface area contributed by atoms with Crippen molar-refractivity contribution in [3.8, 4) is 11.5 Å². The fraction of sp³-hybridized carbons (Fsp3) is 0.438. The van der Waals surface area contributed by atoms with E-state index in [9.17, 15) is 0 Å². The Morgan fingerprint density at radius 3 is 2.76 bits per heavy atom. The molecule has 0 aliphatic rings. The molecule has 0 amide bonds. The Morgan fingerprint density at radius 2 is 2.10 bits per heavy atom. The van der Waals surface area contributed by atoms with Crippen molar-refractivity contribution < 1.29 is 9.47 Å². The topological polar surface area (TPSA) is 48.3 Å². The molecule has 2 rings (SSSR count). The van der Waals surface area contributed by atoms with Crippen molar-refractivity contribution in [3.63, 3.8) is 0 Å². The maximum atomic E-state index is 5.86. The molecule has 0 aliphatic carbocycles. The third-order valence-electron chi connectivity index (χ3n) is 3.20. The van der Waals surface area contributed by atoms with E-state index in [1.54, 1.807) is 6.20 Å². The highest BCUT2D eigenvalue weighted by atomic mass is 16.5. The molecular weight excluding hydrogens is 266 g/mol. The summed E-state index contributed by atoms with van der Waals surface area (Å²) in [5.41, 5.74) is 1.18. The summed E-state index contributed by atoms with van der Waals surface area (Å²) in [6.45, 7) is 6.76. The maximum absolute atomic E-state index is 5.86. The SMILES string of the molecule is CCOc1cc(CNC)ccc1OCCn1ccnc1C. The van der Waals surface area contributed by atoms with Crippen LogP contribution in [0.3, 0.4) is 0 Å². The van der Waals surface area contributed by atoms with Gasteiger partial charge < -0.3 is 19.4 Å². The lowest BCUT2D eigenvalue weighted by molar-refractivity contribution is 0.265. The van der Waals surface area contributed by atoms with Gasteiger partial charge in [0.2, 0.25) is 0 Å². The molecule has 0 fully saturated rings. The standard InChI is InChI=1S/C16H23N3O2/c1-4-20-16-11-14(12-17-3)5-6-15(16)21-10-9-19-8-7-18-13(19)2/h5-8,11,17H,4,9-10,12H2,1-3H3. The largest absolute Gasteiger partial charge is 0.490 e. The van der Waals surface area contributed by atoms with Crippen LogP contribution in [-0.2, 0) is 13.1 Å². The van der Waals surface area contributed by atoms with Gasteiger partial charge in [0, 0.05) is 18.9 Å². The van der Waals surface area contributed by atoms with Crippen molar-refractivity contribution in [2.75, 3.05) is 20.3 Å². The quantitative estimate of drug-likeness (QED) is 0.810. The minimum atomic E-state index is 0.586. The third-order valence-corrected chi connectivity index (χ3v) is 3.20. The highest BCUT2D eigenvalue weighted by molar-refractivity contribution is 5.43. The molecule has 1 aromatic carbocycles. The van der Waals surface area contributed by atoms with Crippen LogP contribution in [0.4, 0.5) is 0 Å². The maximum Gasteiger partial charge on any atom is 0.161 e. The second-order valence-corrected chi connectivity index (χ2v) is 4.76. The number of aryl methyl sites for hydroxylation is 1.